The molecular weight excluding hydrogens is 218 g/mol. The Balaban J connectivity index is 1.62. The van der Waals surface area contributed by atoms with E-state index in [1.54, 1.807) is 0 Å². The smallest absolute Gasteiger partial charge is 0.414 e. The van der Waals surface area contributed by atoms with E-state index >= 15 is 0 Å². The van der Waals surface area contributed by atoms with E-state index in [0.29, 0.717) is 17.3 Å². The third kappa shape index (κ3) is 0.964. The van der Waals surface area contributed by atoms with Crippen molar-refractivity contribution in [3.8, 4) is 0 Å². The maximum atomic E-state index is 11.5. The van der Waals surface area contributed by atoms with Crippen molar-refractivity contribution in [2.24, 2.45) is 29.1 Å². The summed E-state index contributed by atoms with van der Waals surface area (Å²) >= 11 is 0. The number of imide groups is 1. The van der Waals surface area contributed by atoms with Crippen LogP contribution in [0, 0.1) is 29.1 Å². The molecule has 1 N–H and O–H groups in total. The van der Waals surface area contributed by atoms with Gasteiger partial charge in [0.25, 0.3) is 0 Å². The largest absolute Gasteiger partial charge is 0.465 e. The van der Waals surface area contributed by atoms with Crippen LogP contribution in [0.5, 0.6) is 0 Å². The Morgan fingerprint density at radius 2 is 1.71 bits per heavy atom. The second-order valence-electron chi connectivity index (χ2n) is 6.34. The molecule has 0 aromatic heterocycles. The molecule has 17 heavy (non-hydrogen) atoms. The van der Waals surface area contributed by atoms with Crippen molar-refractivity contribution >= 4 is 12.0 Å². The second kappa shape index (κ2) is 2.68. The molecule has 4 fully saturated rings. The summed E-state index contributed by atoms with van der Waals surface area (Å²) in [7, 11) is 0. The van der Waals surface area contributed by atoms with Gasteiger partial charge in [0.2, 0.25) is 5.91 Å². The highest BCUT2D eigenvalue weighted by atomic mass is 16.4. The Morgan fingerprint density at radius 3 is 2.06 bits per heavy atom. The number of fused-ring (bicyclic) bond motifs is 3. The van der Waals surface area contributed by atoms with Gasteiger partial charge in [-0.1, -0.05) is 0 Å². The lowest BCUT2D eigenvalue weighted by Crippen LogP contribution is -2.40. The molecular formula is C13H17NO3. The van der Waals surface area contributed by atoms with Crippen molar-refractivity contribution in [2.45, 2.75) is 38.6 Å². The Kier molecular flexibility index (Phi) is 1.56. The predicted molar refractivity (Wildman–Crippen MR) is 59.2 cm³/mol. The number of hydrogen-bond acceptors (Lipinski definition) is 2. The third-order valence-corrected chi connectivity index (χ3v) is 5.96. The monoisotopic (exact) mass is 235 g/mol. The molecule has 0 radical (unpaired) electrons. The molecule has 0 saturated heterocycles. The first-order chi connectivity index (χ1) is 8.08. The summed E-state index contributed by atoms with van der Waals surface area (Å²) in [5.74, 6) is 2.17. The summed E-state index contributed by atoms with van der Waals surface area (Å²) in [6, 6.07) is 0.0220. The van der Waals surface area contributed by atoms with Gasteiger partial charge in [-0.05, 0) is 54.8 Å². The van der Waals surface area contributed by atoms with Gasteiger partial charge in [0, 0.05) is 13.0 Å². The van der Waals surface area contributed by atoms with Crippen molar-refractivity contribution in [3.05, 3.63) is 0 Å². The van der Waals surface area contributed by atoms with Crippen LogP contribution in [-0.2, 0) is 4.79 Å². The highest BCUT2D eigenvalue weighted by molar-refractivity contribution is 5.90. The number of carbonyl (C=O) groups excluding carboxylic acids is 1. The van der Waals surface area contributed by atoms with Crippen molar-refractivity contribution in [3.63, 3.8) is 0 Å². The second-order valence-corrected chi connectivity index (χ2v) is 6.34. The molecule has 4 rings (SSSR count). The Bertz CT molecular complexity index is 394. The van der Waals surface area contributed by atoms with Gasteiger partial charge in [-0.3, -0.25) is 4.79 Å². The maximum Gasteiger partial charge on any atom is 0.414 e. The lowest BCUT2D eigenvalue weighted by Gasteiger charge is -2.24. The van der Waals surface area contributed by atoms with E-state index in [9.17, 15) is 9.59 Å². The number of nitrogens with zero attached hydrogens (tertiary/aromatic N) is 1. The van der Waals surface area contributed by atoms with Gasteiger partial charge in [-0.2, -0.15) is 0 Å². The number of amides is 2. The summed E-state index contributed by atoms with van der Waals surface area (Å²) in [6.07, 6.45) is 4.20. The molecule has 0 aromatic carbocycles. The average Bonchev–Trinajstić information content (AvgIpc) is 3.08. The standard InChI is InChI=1S/C13H17NO3/c1-6(15)14(12(16)17)11-9-7-2-3-8(10(9)11)13(7)4-5-13/h7-11H,2-5H2,1H3,(H,16,17). The van der Waals surface area contributed by atoms with Gasteiger partial charge in [-0.25, -0.2) is 9.69 Å². The SMILES string of the molecule is CC(=O)N(C(=O)O)C1C2C1C1CCC2C12CC2. The highest BCUT2D eigenvalue weighted by Crippen LogP contribution is 2.82. The van der Waals surface area contributed by atoms with Crippen LogP contribution in [0.3, 0.4) is 0 Å². The quantitative estimate of drug-likeness (QED) is 0.755. The molecule has 92 valence electrons. The van der Waals surface area contributed by atoms with Gasteiger partial charge in [-0.15, -0.1) is 0 Å². The van der Waals surface area contributed by atoms with Gasteiger partial charge in [0.1, 0.15) is 0 Å². The minimum absolute atomic E-state index is 0.0220. The van der Waals surface area contributed by atoms with Crippen molar-refractivity contribution in [1.29, 1.82) is 0 Å². The van der Waals surface area contributed by atoms with Crippen molar-refractivity contribution in [2.75, 3.05) is 0 Å². The van der Waals surface area contributed by atoms with Gasteiger partial charge in [0.15, 0.2) is 0 Å². The van der Waals surface area contributed by atoms with E-state index in [4.69, 9.17) is 5.11 Å². The van der Waals surface area contributed by atoms with E-state index in [2.05, 4.69) is 0 Å². The van der Waals surface area contributed by atoms with Crippen LogP contribution in [0.15, 0.2) is 0 Å². The number of carbonyl (C=O) groups is 2. The van der Waals surface area contributed by atoms with E-state index < -0.39 is 6.09 Å². The zero-order chi connectivity index (χ0) is 11.9. The first kappa shape index (κ1) is 9.92. The molecule has 0 heterocycles. The molecule has 2 amide bonds. The molecule has 1 spiro atoms. The van der Waals surface area contributed by atoms with Crippen LogP contribution < -0.4 is 0 Å². The minimum Gasteiger partial charge on any atom is -0.465 e. The average molecular weight is 235 g/mol. The molecule has 4 aliphatic carbocycles. The first-order valence-electron chi connectivity index (χ1n) is 6.60. The van der Waals surface area contributed by atoms with Crippen LogP contribution >= 0.6 is 0 Å². The summed E-state index contributed by atoms with van der Waals surface area (Å²) in [4.78, 5) is 23.7. The number of rotatable bonds is 1. The molecule has 4 saturated carbocycles. The lowest BCUT2D eigenvalue weighted by molar-refractivity contribution is -0.127. The van der Waals surface area contributed by atoms with Crippen molar-refractivity contribution < 1.29 is 14.7 Å². The summed E-state index contributed by atoms with van der Waals surface area (Å²) in [6.45, 7) is 1.37. The van der Waals surface area contributed by atoms with E-state index in [1.807, 2.05) is 0 Å². The van der Waals surface area contributed by atoms with Crippen LogP contribution in [0.25, 0.3) is 0 Å². The van der Waals surface area contributed by atoms with Gasteiger partial charge < -0.3 is 5.11 Å². The summed E-state index contributed by atoms with van der Waals surface area (Å²) < 4.78 is 0. The fourth-order valence-corrected chi connectivity index (χ4v) is 5.42. The first-order valence-corrected chi connectivity index (χ1v) is 6.60. The third-order valence-electron chi connectivity index (χ3n) is 5.96. The summed E-state index contributed by atoms with van der Waals surface area (Å²) in [5, 5.41) is 9.15. The van der Waals surface area contributed by atoms with Crippen LogP contribution in [0.2, 0.25) is 0 Å². The lowest BCUT2D eigenvalue weighted by atomic mass is 9.87. The summed E-state index contributed by atoms with van der Waals surface area (Å²) in [5.41, 5.74) is 0.604. The van der Waals surface area contributed by atoms with E-state index in [0.717, 1.165) is 16.7 Å². The molecule has 2 bridgehead atoms. The molecule has 4 nitrogen and oxygen atoms in total. The predicted octanol–water partition coefficient (Wildman–Crippen LogP) is 1.95. The minimum atomic E-state index is -1.05. The van der Waals surface area contributed by atoms with E-state index in [-0.39, 0.29) is 11.9 Å². The zero-order valence-corrected chi connectivity index (χ0v) is 9.93. The number of carboxylic acid groups (broad SMARTS) is 1. The zero-order valence-electron chi connectivity index (χ0n) is 9.93. The van der Waals surface area contributed by atoms with Crippen molar-refractivity contribution in [1.82, 2.24) is 4.90 Å². The fourth-order valence-electron chi connectivity index (χ4n) is 5.42. The number of hydrogen-bond donors (Lipinski definition) is 1. The molecule has 0 aliphatic heterocycles. The maximum absolute atomic E-state index is 11.5. The molecule has 4 heteroatoms. The Labute approximate surface area is 100.0 Å². The normalized spacial score (nSPS) is 46.8. The topological polar surface area (TPSA) is 57.6 Å². The van der Waals surface area contributed by atoms with Crippen LogP contribution in [0.4, 0.5) is 4.79 Å². The van der Waals surface area contributed by atoms with E-state index in [1.165, 1.54) is 32.6 Å². The van der Waals surface area contributed by atoms with Crippen LogP contribution in [0.1, 0.15) is 32.6 Å². The fraction of sp³-hybridized carbons (Fsp3) is 0.846. The molecule has 4 atom stereocenters. The molecule has 4 unspecified atom stereocenters. The Hall–Kier alpha value is -1.06. The van der Waals surface area contributed by atoms with Gasteiger partial charge >= 0.3 is 6.09 Å². The molecule has 4 aliphatic rings. The Morgan fingerprint density at radius 1 is 1.18 bits per heavy atom. The molecule has 0 aromatic rings. The van der Waals surface area contributed by atoms with Crippen LogP contribution in [-0.4, -0.2) is 28.0 Å². The highest BCUT2D eigenvalue weighted by Gasteiger charge is 2.79. The van der Waals surface area contributed by atoms with Gasteiger partial charge in [0.05, 0.1) is 0 Å².